The third-order valence-electron chi connectivity index (χ3n) is 4.80. The fourth-order valence-electron chi connectivity index (χ4n) is 3.18. The van der Waals surface area contributed by atoms with Crippen molar-refractivity contribution >= 4 is 5.91 Å². The molecule has 1 unspecified atom stereocenters. The summed E-state index contributed by atoms with van der Waals surface area (Å²) in [5.41, 5.74) is 2.26. The Kier molecular flexibility index (Phi) is 6.89. The van der Waals surface area contributed by atoms with E-state index in [1.807, 2.05) is 13.8 Å². The number of rotatable bonds is 4. The minimum Gasteiger partial charge on any atom is -0.508 e. The van der Waals surface area contributed by atoms with Gasteiger partial charge in [-0.15, -0.1) is 0 Å². The number of pyridine rings is 1. The van der Waals surface area contributed by atoms with Crippen LogP contribution in [0.1, 0.15) is 58.3 Å². The van der Waals surface area contributed by atoms with Crippen LogP contribution in [0.3, 0.4) is 0 Å². The quantitative estimate of drug-likeness (QED) is 0.554. The molecular weight excluding hydrogens is 410 g/mol. The number of carbonyl (C=O) groups excluding carboxylic acids is 1. The van der Waals surface area contributed by atoms with Crippen molar-refractivity contribution in [1.82, 2.24) is 10.3 Å². The van der Waals surface area contributed by atoms with Crippen molar-refractivity contribution in [1.29, 1.82) is 0 Å². The van der Waals surface area contributed by atoms with E-state index in [2.05, 4.69) is 22.1 Å². The second kappa shape index (κ2) is 9.61. The molecule has 0 aliphatic rings. The highest BCUT2D eigenvalue weighted by molar-refractivity contribution is 5.93. The number of phenols is 1. The monoisotopic (exact) mass is 434 g/mol. The molecule has 0 fully saturated rings. The topological polar surface area (TPSA) is 62.2 Å². The molecule has 3 aromatic rings. The smallest absolute Gasteiger partial charge is 0.270 e. The van der Waals surface area contributed by atoms with E-state index in [4.69, 9.17) is 0 Å². The van der Waals surface area contributed by atoms with Crippen LogP contribution in [0.25, 0.3) is 0 Å². The Morgan fingerprint density at radius 3 is 2.50 bits per heavy atom. The number of aromatic nitrogens is 1. The van der Waals surface area contributed by atoms with Gasteiger partial charge in [-0.05, 0) is 61.4 Å². The van der Waals surface area contributed by atoms with Gasteiger partial charge in [0.1, 0.15) is 23.1 Å². The molecule has 32 heavy (non-hydrogen) atoms. The minimum absolute atomic E-state index is 0.106. The van der Waals surface area contributed by atoms with Gasteiger partial charge in [-0.2, -0.15) is 0 Å². The van der Waals surface area contributed by atoms with Gasteiger partial charge in [0.2, 0.25) is 0 Å². The first-order chi connectivity index (χ1) is 15.1. The van der Waals surface area contributed by atoms with Crippen LogP contribution in [0.4, 0.5) is 8.78 Å². The van der Waals surface area contributed by atoms with Gasteiger partial charge in [0.15, 0.2) is 0 Å². The molecule has 0 radical (unpaired) electrons. The van der Waals surface area contributed by atoms with Crippen LogP contribution < -0.4 is 5.32 Å². The molecule has 0 saturated heterocycles. The highest BCUT2D eigenvalue weighted by Crippen LogP contribution is 2.31. The molecule has 4 nitrogen and oxygen atoms in total. The summed E-state index contributed by atoms with van der Waals surface area (Å²) in [5.74, 6) is 4.38. The van der Waals surface area contributed by atoms with Crippen molar-refractivity contribution < 1.29 is 18.7 Å². The van der Waals surface area contributed by atoms with Crippen LogP contribution in [-0.2, 0) is 0 Å². The number of hydrogen-bond acceptors (Lipinski definition) is 3. The average Bonchev–Trinajstić information content (AvgIpc) is 2.74. The number of nitrogens with zero attached hydrogens (tertiary/aromatic N) is 1. The van der Waals surface area contributed by atoms with Crippen LogP contribution in [0.5, 0.6) is 5.75 Å². The van der Waals surface area contributed by atoms with E-state index in [0.29, 0.717) is 22.4 Å². The predicted octanol–water partition coefficient (Wildman–Crippen LogP) is 5.21. The van der Waals surface area contributed by atoms with E-state index >= 15 is 0 Å². The molecule has 6 heteroatoms. The normalized spacial score (nSPS) is 11.6. The number of benzene rings is 2. The number of phenolic OH excluding ortho intramolecular Hbond substituents is 1. The zero-order valence-electron chi connectivity index (χ0n) is 18.3. The maximum Gasteiger partial charge on any atom is 0.270 e. The molecule has 0 spiro atoms. The van der Waals surface area contributed by atoms with Gasteiger partial charge in [-0.3, -0.25) is 4.79 Å². The second-order valence-electron chi connectivity index (χ2n) is 7.92. The number of aryl methyl sites for hydroxylation is 2. The van der Waals surface area contributed by atoms with Crippen LogP contribution >= 0.6 is 0 Å². The predicted molar refractivity (Wildman–Crippen MR) is 119 cm³/mol. The summed E-state index contributed by atoms with van der Waals surface area (Å²) in [7, 11) is 0. The summed E-state index contributed by atoms with van der Waals surface area (Å²) in [6.45, 7) is 7.29. The molecule has 1 aromatic heterocycles. The Bertz CT molecular complexity index is 1230. The summed E-state index contributed by atoms with van der Waals surface area (Å²) in [6, 6.07) is 10.2. The van der Waals surface area contributed by atoms with Gasteiger partial charge in [0, 0.05) is 22.7 Å². The number of amides is 1. The first-order valence-electron chi connectivity index (χ1n) is 10.2. The van der Waals surface area contributed by atoms with Crippen molar-refractivity contribution in [2.75, 3.05) is 0 Å². The number of nitrogens with one attached hydrogen (secondary N) is 1. The lowest BCUT2D eigenvalue weighted by Gasteiger charge is -2.21. The van der Waals surface area contributed by atoms with Crippen molar-refractivity contribution in [3.63, 3.8) is 0 Å². The first kappa shape index (κ1) is 23.0. The summed E-state index contributed by atoms with van der Waals surface area (Å²) in [4.78, 5) is 17.4. The largest absolute Gasteiger partial charge is 0.508 e. The Labute approximate surface area is 186 Å². The number of hydrogen-bond donors (Lipinski definition) is 2. The Balaban J connectivity index is 2.04. The van der Waals surface area contributed by atoms with Crippen molar-refractivity contribution in [3.05, 3.63) is 93.8 Å². The second-order valence-corrected chi connectivity index (χ2v) is 7.92. The van der Waals surface area contributed by atoms with Crippen LogP contribution in [0, 0.1) is 43.2 Å². The van der Waals surface area contributed by atoms with E-state index in [9.17, 15) is 18.7 Å². The average molecular weight is 434 g/mol. The van der Waals surface area contributed by atoms with E-state index in [1.165, 1.54) is 12.1 Å². The minimum atomic E-state index is -0.999. The first-order valence-corrected chi connectivity index (χ1v) is 10.2. The van der Waals surface area contributed by atoms with E-state index < -0.39 is 23.6 Å². The standard InChI is InChI=1S/C26H24F2N2O2/c1-15(2)5-7-18-11-17(4)29-23(12-18)26(32)30-25(19-8-6-16(3)22(28)13-19)21-14-20(27)9-10-24(21)31/h6,8-15,25,31H,1-4H3,(H,30,32). The maximum absolute atomic E-state index is 14.3. The molecule has 1 atom stereocenters. The fourth-order valence-corrected chi connectivity index (χ4v) is 3.18. The third kappa shape index (κ3) is 5.50. The van der Waals surface area contributed by atoms with Crippen molar-refractivity contribution in [3.8, 4) is 17.6 Å². The lowest BCUT2D eigenvalue weighted by atomic mass is 9.96. The van der Waals surface area contributed by atoms with Gasteiger partial charge in [0.05, 0.1) is 6.04 Å². The van der Waals surface area contributed by atoms with Gasteiger partial charge >= 0.3 is 0 Å². The summed E-state index contributed by atoms with van der Waals surface area (Å²) in [5, 5.41) is 13.1. The third-order valence-corrected chi connectivity index (χ3v) is 4.80. The van der Waals surface area contributed by atoms with E-state index in [-0.39, 0.29) is 22.9 Å². The Morgan fingerprint density at radius 2 is 1.81 bits per heavy atom. The Hall–Kier alpha value is -3.72. The fraction of sp³-hybridized carbons (Fsp3) is 0.231. The molecule has 2 aromatic carbocycles. The van der Waals surface area contributed by atoms with Gasteiger partial charge in [-0.25, -0.2) is 13.8 Å². The highest BCUT2D eigenvalue weighted by Gasteiger charge is 2.23. The highest BCUT2D eigenvalue weighted by atomic mass is 19.1. The van der Waals surface area contributed by atoms with Gasteiger partial charge < -0.3 is 10.4 Å². The molecule has 1 amide bonds. The molecule has 0 saturated carbocycles. The van der Waals surface area contributed by atoms with Crippen LogP contribution in [0.2, 0.25) is 0 Å². The molecule has 0 aliphatic carbocycles. The molecule has 0 aliphatic heterocycles. The Morgan fingerprint density at radius 1 is 1.06 bits per heavy atom. The van der Waals surface area contributed by atoms with Crippen LogP contribution in [-0.4, -0.2) is 16.0 Å². The van der Waals surface area contributed by atoms with Gasteiger partial charge in [-0.1, -0.05) is 37.8 Å². The van der Waals surface area contributed by atoms with Crippen LogP contribution in [0.15, 0.2) is 48.5 Å². The lowest BCUT2D eigenvalue weighted by Crippen LogP contribution is -2.30. The van der Waals surface area contributed by atoms with E-state index in [0.717, 1.165) is 12.1 Å². The molecule has 0 bridgehead atoms. The summed E-state index contributed by atoms with van der Waals surface area (Å²) < 4.78 is 28.2. The van der Waals surface area contributed by atoms with E-state index in [1.54, 1.807) is 38.1 Å². The molecular formula is C26H24F2N2O2. The SMILES string of the molecule is Cc1cc(C#CC(C)C)cc(C(=O)NC(c2ccc(C)c(F)c2)c2cc(F)ccc2O)n1. The van der Waals surface area contributed by atoms with Crippen molar-refractivity contribution in [2.45, 2.75) is 33.7 Å². The summed E-state index contributed by atoms with van der Waals surface area (Å²) >= 11 is 0. The lowest BCUT2D eigenvalue weighted by molar-refractivity contribution is 0.0937. The molecule has 1 heterocycles. The number of halogens is 2. The number of aromatic hydroxyl groups is 1. The van der Waals surface area contributed by atoms with Crippen molar-refractivity contribution in [2.24, 2.45) is 5.92 Å². The summed E-state index contributed by atoms with van der Waals surface area (Å²) in [6.07, 6.45) is 0. The maximum atomic E-state index is 14.3. The number of carbonyl (C=O) groups is 1. The zero-order valence-corrected chi connectivity index (χ0v) is 18.3. The molecule has 3 rings (SSSR count). The molecule has 2 N–H and O–H groups in total. The van der Waals surface area contributed by atoms with Gasteiger partial charge in [0.25, 0.3) is 5.91 Å². The molecule has 164 valence electrons. The zero-order chi connectivity index (χ0) is 23.4.